The lowest BCUT2D eigenvalue weighted by Gasteiger charge is -2.40. The van der Waals surface area contributed by atoms with Crippen LogP contribution >= 0.6 is 0 Å². The van der Waals surface area contributed by atoms with Crippen LogP contribution < -0.4 is 19.9 Å². The van der Waals surface area contributed by atoms with Crippen molar-refractivity contribution in [3.8, 4) is 5.88 Å². The van der Waals surface area contributed by atoms with E-state index < -0.39 is 0 Å². The SMILES string of the molecule is c1ccc2nc(N3CC(Oc4nccnc4N4CCCNCC4)C3)ccc2c1. The summed E-state index contributed by atoms with van der Waals surface area (Å²) in [6.07, 6.45) is 4.65. The first-order valence-corrected chi connectivity index (χ1v) is 9.91. The van der Waals surface area contributed by atoms with Crippen molar-refractivity contribution in [1.82, 2.24) is 20.3 Å². The number of pyridine rings is 1. The molecule has 0 unspecified atom stereocenters. The molecule has 2 fully saturated rings. The third-order valence-electron chi connectivity index (χ3n) is 5.32. The highest BCUT2D eigenvalue weighted by atomic mass is 16.5. The minimum absolute atomic E-state index is 0.105. The van der Waals surface area contributed by atoms with Crippen molar-refractivity contribution in [3.05, 3.63) is 48.8 Å². The summed E-state index contributed by atoms with van der Waals surface area (Å²) in [5, 5.41) is 4.58. The summed E-state index contributed by atoms with van der Waals surface area (Å²) >= 11 is 0. The molecule has 1 aromatic carbocycles. The van der Waals surface area contributed by atoms with E-state index in [4.69, 9.17) is 9.72 Å². The lowest BCUT2D eigenvalue weighted by molar-refractivity contribution is 0.160. The number of fused-ring (bicyclic) bond motifs is 1. The molecule has 7 heteroatoms. The van der Waals surface area contributed by atoms with Crippen LogP contribution in [0.3, 0.4) is 0 Å². The molecule has 2 aromatic heterocycles. The van der Waals surface area contributed by atoms with Crippen LogP contribution in [0.15, 0.2) is 48.8 Å². The molecule has 1 N–H and O–H groups in total. The van der Waals surface area contributed by atoms with Gasteiger partial charge < -0.3 is 19.9 Å². The third kappa shape index (κ3) is 3.45. The van der Waals surface area contributed by atoms with Gasteiger partial charge >= 0.3 is 0 Å². The number of hydrogen-bond acceptors (Lipinski definition) is 7. The van der Waals surface area contributed by atoms with Gasteiger partial charge in [0.2, 0.25) is 0 Å². The van der Waals surface area contributed by atoms with Crippen LogP contribution in [0.5, 0.6) is 5.88 Å². The van der Waals surface area contributed by atoms with Crippen molar-refractivity contribution in [2.75, 3.05) is 49.1 Å². The second-order valence-electron chi connectivity index (χ2n) is 7.28. The fraction of sp³-hybridized carbons (Fsp3) is 0.381. The molecule has 2 saturated heterocycles. The van der Waals surface area contributed by atoms with Crippen molar-refractivity contribution in [2.24, 2.45) is 0 Å². The first-order chi connectivity index (χ1) is 13.9. The summed E-state index contributed by atoms with van der Waals surface area (Å²) in [4.78, 5) is 18.3. The minimum atomic E-state index is 0.105. The average molecular weight is 376 g/mol. The molecule has 0 radical (unpaired) electrons. The molecule has 28 heavy (non-hydrogen) atoms. The number of ether oxygens (including phenoxy) is 1. The van der Waals surface area contributed by atoms with E-state index in [9.17, 15) is 0 Å². The number of para-hydroxylation sites is 1. The fourth-order valence-electron chi connectivity index (χ4n) is 3.76. The van der Waals surface area contributed by atoms with Gasteiger partial charge in [0.25, 0.3) is 5.88 Å². The normalized spacial score (nSPS) is 18.0. The molecule has 144 valence electrons. The minimum Gasteiger partial charge on any atom is -0.468 e. The first kappa shape index (κ1) is 17.2. The summed E-state index contributed by atoms with van der Waals surface area (Å²) in [7, 11) is 0. The van der Waals surface area contributed by atoms with Crippen LogP contribution in [0.2, 0.25) is 0 Å². The number of hydrogen-bond donors (Lipinski definition) is 1. The highest BCUT2D eigenvalue weighted by Gasteiger charge is 2.31. The molecule has 5 rings (SSSR count). The molecular formula is C21H24N6O. The second-order valence-corrected chi connectivity index (χ2v) is 7.28. The zero-order chi connectivity index (χ0) is 18.8. The summed E-state index contributed by atoms with van der Waals surface area (Å²) in [6, 6.07) is 12.4. The molecule has 0 atom stereocenters. The summed E-state index contributed by atoms with van der Waals surface area (Å²) in [5.74, 6) is 2.49. The highest BCUT2D eigenvalue weighted by Crippen LogP contribution is 2.28. The molecule has 3 aromatic rings. The summed E-state index contributed by atoms with van der Waals surface area (Å²) < 4.78 is 6.21. The van der Waals surface area contributed by atoms with E-state index >= 15 is 0 Å². The van der Waals surface area contributed by atoms with E-state index in [1.807, 2.05) is 12.1 Å². The largest absolute Gasteiger partial charge is 0.468 e. The van der Waals surface area contributed by atoms with Gasteiger partial charge in [-0.05, 0) is 31.2 Å². The Bertz CT molecular complexity index is 950. The summed E-state index contributed by atoms with van der Waals surface area (Å²) in [6.45, 7) is 5.52. The van der Waals surface area contributed by atoms with Crippen molar-refractivity contribution in [1.29, 1.82) is 0 Å². The molecule has 7 nitrogen and oxygen atoms in total. The monoisotopic (exact) mass is 376 g/mol. The maximum absolute atomic E-state index is 6.21. The van der Waals surface area contributed by atoms with Crippen LogP contribution in [-0.2, 0) is 0 Å². The Hall–Kier alpha value is -2.93. The van der Waals surface area contributed by atoms with Gasteiger partial charge in [-0.1, -0.05) is 18.2 Å². The van der Waals surface area contributed by atoms with E-state index in [2.05, 4.69) is 49.4 Å². The van der Waals surface area contributed by atoms with E-state index in [-0.39, 0.29) is 6.10 Å². The summed E-state index contributed by atoms with van der Waals surface area (Å²) in [5.41, 5.74) is 1.02. The van der Waals surface area contributed by atoms with Crippen molar-refractivity contribution < 1.29 is 4.74 Å². The molecule has 0 bridgehead atoms. The van der Waals surface area contributed by atoms with Gasteiger partial charge in [0.1, 0.15) is 11.9 Å². The zero-order valence-corrected chi connectivity index (χ0v) is 15.8. The fourth-order valence-corrected chi connectivity index (χ4v) is 3.76. The lowest BCUT2D eigenvalue weighted by Crippen LogP contribution is -2.54. The Balaban J connectivity index is 1.26. The molecule has 0 spiro atoms. The molecule has 0 saturated carbocycles. The van der Waals surface area contributed by atoms with Crippen molar-refractivity contribution in [3.63, 3.8) is 0 Å². The van der Waals surface area contributed by atoms with Gasteiger partial charge in [-0.15, -0.1) is 0 Å². The van der Waals surface area contributed by atoms with Crippen LogP contribution in [-0.4, -0.2) is 60.3 Å². The Morgan fingerprint density at radius 1 is 0.929 bits per heavy atom. The van der Waals surface area contributed by atoms with Crippen molar-refractivity contribution >= 4 is 22.5 Å². The Kier molecular flexibility index (Phi) is 4.66. The third-order valence-corrected chi connectivity index (χ3v) is 5.32. The number of benzene rings is 1. The molecular weight excluding hydrogens is 352 g/mol. The van der Waals surface area contributed by atoms with Gasteiger partial charge in [-0.3, -0.25) is 0 Å². The maximum atomic E-state index is 6.21. The van der Waals surface area contributed by atoms with Gasteiger partial charge in [0.05, 0.1) is 18.6 Å². The van der Waals surface area contributed by atoms with Gasteiger partial charge in [0.15, 0.2) is 5.82 Å². The number of aromatic nitrogens is 3. The lowest BCUT2D eigenvalue weighted by atomic mass is 10.1. The average Bonchev–Trinajstić information content (AvgIpc) is 3.00. The number of rotatable bonds is 4. The predicted octanol–water partition coefficient (Wildman–Crippen LogP) is 2.09. The maximum Gasteiger partial charge on any atom is 0.258 e. The Labute approximate surface area is 164 Å². The molecule has 4 heterocycles. The molecule has 0 amide bonds. The van der Waals surface area contributed by atoms with E-state index in [1.165, 1.54) is 0 Å². The first-order valence-electron chi connectivity index (χ1n) is 9.91. The van der Waals surface area contributed by atoms with Gasteiger partial charge in [0, 0.05) is 37.4 Å². The topological polar surface area (TPSA) is 66.4 Å². The number of anilines is 2. The second kappa shape index (κ2) is 7.59. The molecule has 0 aliphatic carbocycles. The zero-order valence-electron chi connectivity index (χ0n) is 15.8. The quantitative estimate of drug-likeness (QED) is 0.748. The smallest absolute Gasteiger partial charge is 0.258 e. The standard InChI is InChI=1S/C21H24N6O/c1-2-5-18-16(4-1)6-7-19(25-18)27-14-17(15-27)28-21-20(23-9-10-24-21)26-12-3-8-22-11-13-26/h1-2,4-7,9-10,17,22H,3,8,11-15H2. The van der Waals surface area contributed by atoms with Crippen molar-refractivity contribution in [2.45, 2.75) is 12.5 Å². The van der Waals surface area contributed by atoms with E-state index in [0.717, 1.165) is 68.2 Å². The molecule has 2 aliphatic heterocycles. The predicted molar refractivity (Wildman–Crippen MR) is 110 cm³/mol. The molecule has 2 aliphatic rings. The van der Waals surface area contributed by atoms with E-state index in [0.29, 0.717) is 5.88 Å². The van der Waals surface area contributed by atoms with Crippen LogP contribution in [0.1, 0.15) is 6.42 Å². The highest BCUT2D eigenvalue weighted by molar-refractivity contribution is 5.80. The van der Waals surface area contributed by atoms with E-state index in [1.54, 1.807) is 12.4 Å². The van der Waals surface area contributed by atoms with Gasteiger partial charge in [-0.25, -0.2) is 15.0 Å². The van der Waals surface area contributed by atoms with Crippen LogP contribution in [0.25, 0.3) is 10.9 Å². The van der Waals surface area contributed by atoms with Crippen LogP contribution in [0, 0.1) is 0 Å². The van der Waals surface area contributed by atoms with Crippen LogP contribution in [0.4, 0.5) is 11.6 Å². The van der Waals surface area contributed by atoms with Gasteiger partial charge in [-0.2, -0.15) is 0 Å². The number of nitrogens with zero attached hydrogens (tertiary/aromatic N) is 5. The Morgan fingerprint density at radius 3 is 2.79 bits per heavy atom. The Morgan fingerprint density at radius 2 is 1.82 bits per heavy atom. The number of nitrogens with one attached hydrogen (secondary N) is 1.